The Balaban J connectivity index is 1.44. The van der Waals surface area contributed by atoms with Gasteiger partial charge in [0.05, 0.1) is 5.56 Å². The monoisotopic (exact) mass is 439 g/mol. The number of aromatic nitrogens is 3. The summed E-state index contributed by atoms with van der Waals surface area (Å²) in [5, 5.41) is 3.65. The number of nitrogens with one attached hydrogen (secondary N) is 2. The van der Waals surface area contributed by atoms with Gasteiger partial charge in [-0.1, -0.05) is 0 Å². The van der Waals surface area contributed by atoms with Gasteiger partial charge < -0.3 is 19.9 Å². The second-order valence-corrected chi connectivity index (χ2v) is 8.88. The van der Waals surface area contributed by atoms with E-state index in [-0.39, 0.29) is 18.0 Å². The number of aromatic amines is 1. The smallest absolute Gasteiger partial charge is 0.410 e. The molecule has 0 radical (unpaired) electrons. The minimum atomic E-state index is -0.591. The Hall–Kier alpha value is -3.49. The molecule has 3 aromatic rings. The molecule has 32 heavy (non-hydrogen) atoms. The molecule has 0 saturated carbocycles. The summed E-state index contributed by atoms with van der Waals surface area (Å²) in [6.45, 7) is 6.53. The van der Waals surface area contributed by atoms with Gasteiger partial charge in [0.25, 0.3) is 5.91 Å². The summed E-state index contributed by atoms with van der Waals surface area (Å²) in [5.74, 6) is -0.829. The Morgan fingerprint density at radius 1 is 1.25 bits per heavy atom. The van der Waals surface area contributed by atoms with Crippen LogP contribution in [0.3, 0.4) is 0 Å². The van der Waals surface area contributed by atoms with Crippen LogP contribution < -0.4 is 5.32 Å². The third-order valence-corrected chi connectivity index (χ3v) is 5.33. The lowest BCUT2D eigenvalue weighted by Gasteiger charge is -2.33. The van der Waals surface area contributed by atoms with Crippen LogP contribution in [-0.2, 0) is 4.74 Å². The second-order valence-electron chi connectivity index (χ2n) is 8.88. The molecule has 9 heteroatoms. The molecule has 3 aromatic heterocycles. The zero-order valence-electron chi connectivity index (χ0n) is 18.3. The van der Waals surface area contributed by atoms with Crippen molar-refractivity contribution in [3.05, 3.63) is 48.3 Å². The van der Waals surface area contributed by atoms with Crippen LogP contribution in [0.15, 0.2) is 36.8 Å². The number of halogens is 1. The normalized spacial score (nSPS) is 15.1. The predicted molar refractivity (Wildman–Crippen MR) is 118 cm³/mol. The van der Waals surface area contributed by atoms with Crippen LogP contribution in [0, 0.1) is 5.95 Å². The van der Waals surface area contributed by atoms with Crippen LogP contribution in [0.25, 0.3) is 22.2 Å². The van der Waals surface area contributed by atoms with Crippen molar-refractivity contribution in [2.45, 2.75) is 45.3 Å². The lowest BCUT2D eigenvalue weighted by molar-refractivity contribution is 0.0199. The lowest BCUT2D eigenvalue weighted by Crippen LogP contribution is -2.47. The summed E-state index contributed by atoms with van der Waals surface area (Å²) >= 11 is 0. The number of fused-ring (bicyclic) bond motifs is 1. The van der Waals surface area contributed by atoms with E-state index in [1.165, 1.54) is 6.20 Å². The molecule has 8 nitrogen and oxygen atoms in total. The number of piperidine rings is 1. The molecule has 0 aliphatic carbocycles. The van der Waals surface area contributed by atoms with E-state index in [9.17, 15) is 14.0 Å². The molecule has 1 aliphatic rings. The standard InChI is InChI=1S/C23H26FN5O3/c1-23(2,3)32-22(31)29-9-6-15(7-10-29)28-21(30)18-13-27-20-17(18)11-14(12-26-20)16-5-4-8-25-19(16)24/h4-5,8,11-13,15H,6-7,9-10H2,1-3H3,(H,26,27)(H,28,30). The fraction of sp³-hybridized carbons (Fsp3) is 0.391. The van der Waals surface area contributed by atoms with Crippen LogP contribution in [-0.4, -0.2) is 56.6 Å². The largest absolute Gasteiger partial charge is 0.444 e. The van der Waals surface area contributed by atoms with Gasteiger partial charge in [-0.25, -0.2) is 14.8 Å². The summed E-state index contributed by atoms with van der Waals surface area (Å²) in [6, 6.07) is 4.95. The number of pyridine rings is 2. The number of hydrogen-bond donors (Lipinski definition) is 2. The maximum absolute atomic E-state index is 14.1. The summed E-state index contributed by atoms with van der Waals surface area (Å²) in [6.07, 6.45) is 5.48. The summed E-state index contributed by atoms with van der Waals surface area (Å²) in [7, 11) is 0. The second kappa shape index (κ2) is 8.57. The molecule has 1 aliphatic heterocycles. The third kappa shape index (κ3) is 4.71. The van der Waals surface area contributed by atoms with Crippen molar-refractivity contribution in [1.29, 1.82) is 0 Å². The van der Waals surface area contributed by atoms with Crippen molar-refractivity contribution in [3.63, 3.8) is 0 Å². The number of carbonyl (C=O) groups excluding carboxylic acids is 2. The average molecular weight is 439 g/mol. The van der Waals surface area contributed by atoms with E-state index in [0.717, 1.165) is 0 Å². The van der Waals surface area contributed by atoms with Crippen molar-refractivity contribution in [3.8, 4) is 11.1 Å². The molecule has 0 unspecified atom stereocenters. The Labute approximate surface area is 185 Å². The summed E-state index contributed by atoms with van der Waals surface area (Å²) < 4.78 is 19.5. The molecule has 168 valence electrons. The van der Waals surface area contributed by atoms with Gasteiger partial charge in [0.15, 0.2) is 0 Å². The molecule has 0 atom stereocenters. The molecule has 1 saturated heterocycles. The van der Waals surface area contributed by atoms with Crippen molar-refractivity contribution in [2.75, 3.05) is 13.1 Å². The molecule has 1 fully saturated rings. The van der Waals surface area contributed by atoms with E-state index in [2.05, 4.69) is 20.3 Å². The fourth-order valence-electron chi connectivity index (χ4n) is 3.74. The molecular formula is C23H26FN5O3. The summed E-state index contributed by atoms with van der Waals surface area (Å²) in [4.78, 5) is 37.8. The lowest BCUT2D eigenvalue weighted by atomic mass is 10.0. The third-order valence-electron chi connectivity index (χ3n) is 5.33. The number of ether oxygens (including phenoxy) is 1. The average Bonchev–Trinajstić information content (AvgIpc) is 3.17. The Morgan fingerprint density at radius 2 is 2.00 bits per heavy atom. The first-order chi connectivity index (χ1) is 15.2. The van der Waals surface area contributed by atoms with E-state index in [1.54, 1.807) is 35.5 Å². The number of nitrogens with zero attached hydrogens (tertiary/aromatic N) is 3. The summed E-state index contributed by atoms with van der Waals surface area (Å²) in [5.41, 5.74) is 1.31. The van der Waals surface area contributed by atoms with Crippen LogP contribution in [0.1, 0.15) is 44.0 Å². The van der Waals surface area contributed by atoms with E-state index in [1.807, 2.05) is 20.8 Å². The number of likely N-dealkylation sites (tertiary alicyclic amines) is 1. The van der Waals surface area contributed by atoms with Gasteiger partial charge >= 0.3 is 6.09 Å². The van der Waals surface area contributed by atoms with Crippen molar-refractivity contribution in [2.24, 2.45) is 0 Å². The van der Waals surface area contributed by atoms with E-state index >= 15 is 0 Å². The molecular weight excluding hydrogens is 413 g/mol. The maximum atomic E-state index is 14.1. The molecule has 0 bridgehead atoms. The van der Waals surface area contributed by atoms with Crippen LogP contribution >= 0.6 is 0 Å². The first kappa shape index (κ1) is 21.7. The zero-order valence-corrected chi connectivity index (χ0v) is 18.3. The number of amides is 2. The zero-order chi connectivity index (χ0) is 22.9. The SMILES string of the molecule is CC(C)(C)OC(=O)N1CCC(NC(=O)c2c[nH]c3ncc(-c4cccnc4F)cc23)CC1. The van der Waals surface area contributed by atoms with Crippen molar-refractivity contribution >= 4 is 23.0 Å². The highest BCUT2D eigenvalue weighted by molar-refractivity contribution is 6.06. The van der Waals surface area contributed by atoms with Gasteiger partial charge in [-0.15, -0.1) is 0 Å². The predicted octanol–water partition coefficient (Wildman–Crippen LogP) is 3.89. The van der Waals surface area contributed by atoms with Crippen LogP contribution in [0.2, 0.25) is 0 Å². The molecule has 0 spiro atoms. The van der Waals surface area contributed by atoms with Crippen molar-refractivity contribution < 1.29 is 18.7 Å². The van der Waals surface area contributed by atoms with Crippen LogP contribution in [0.4, 0.5) is 9.18 Å². The van der Waals surface area contributed by atoms with E-state index in [0.29, 0.717) is 53.7 Å². The highest BCUT2D eigenvalue weighted by Crippen LogP contribution is 2.26. The van der Waals surface area contributed by atoms with E-state index < -0.39 is 11.5 Å². The first-order valence-electron chi connectivity index (χ1n) is 10.6. The van der Waals surface area contributed by atoms with Gasteiger partial charge in [0, 0.05) is 54.2 Å². The number of H-pyrrole nitrogens is 1. The van der Waals surface area contributed by atoms with Gasteiger partial charge in [0.1, 0.15) is 11.2 Å². The molecule has 4 heterocycles. The Bertz CT molecular complexity index is 1150. The number of hydrogen-bond acceptors (Lipinski definition) is 5. The van der Waals surface area contributed by atoms with Gasteiger partial charge in [0.2, 0.25) is 5.95 Å². The van der Waals surface area contributed by atoms with Gasteiger partial charge in [-0.05, 0) is 51.8 Å². The number of carbonyl (C=O) groups is 2. The van der Waals surface area contributed by atoms with Gasteiger partial charge in [-0.2, -0.15) is 4.39 Å². The minimum Gasteiger partial charge on any atom is -0.444 e. The van der Waals surface area contributed by atoms with Crippen molar-refractivity contribution in [1.82, 2.24) is 25.2 Å². The molecule has 4 rings (SSSR count). The van der Waals surface area contributed by atoms with Crippen LogP contribution in [0.5, 0.6) is 0 Å². The minimum absolute atomic E-state index is 0.0574. The fourth-order valence-corrected chi connectivity index (χ4v) is 3.74. The Kier molecular flexibility index (Phi) is 5.82. The quantitative estimate of drug-likeness (QED) is 0.603. The highest BCUT2D eigenvalue weighted by Gasteiger charge is 2.28. The first-order valence-corrected chi connectivity index (χ1v) is 10.6. The Morgan fingerprint density at radius 3 is 2.69 bits per heavy atom. The molecule has 0 aromatic carbocycles. The maximum Gasteiger partial charge on any atom is 0.410 e. The topological polar surface area (TPSA) is 100 Å². The molecule has 2 amide bonds. The highest BCUT2D eigenvalue weighted by atomic mass is 19.1. The van der Waals surface area contributed by atoms with E-state index in [4.69, 9.17) is 4.74 Å². The van der Waals surface area contributed by atoms with Gasteiger partial charge in [-0.3, -0.25) is 4.79 Å². The molecule has 2 N–H and O–H groups in total. The number of rotatable bonds is 3.